The number of amides is 3. The number of carboxylic acids is 1. The van der Waals surface area contributed by atoms with Crippen LogP contribution in [0.2, 0.25) is 0 Å². The fourth-order valence-electron chi connectivity index (χ4n) is 4.07. The molecule has 12 heteroatoms. The highest BCUT2D eigenvalue weighted by atomic mass is 16.6. The van der Waals surface area contributed by atoms with Gasteiger partial charge in [0.15, 0.2) is 0 Å². The molecular formula is C34H50N4O8. The lowest BCUT2D eigenvalue weighted by Gasteiger charge is -2.37. The normalized spacial score (nSPS) is 17.1. The number of aliphatic carboxylic acids is 1. The predicted molar refractivity (Wildman–Crippen MR) is 175 cm³/mol. The van der Waals surface area contributed by atoms with Crippen molar-refractivity contribution < 1.29 is 38.6 Å². The number of nitrogens with zero attached hydrogens (tertiary/aromatic N) is 1. The second kappa shape index (κ2) is 19.8. The van der Waals surface area contributed by atoms with E-state index in [-0.39, 0.29) is 29.9 Å². The molecule has 0 bridgehead atoms. The summed E-state index contributed by atoms with van der Waals surface area (Å²) in [4.78, 5) is 58.4. The van der Waals surface area contributed by atoms with Crippen LogP contribution in [0.25, 0.3) is 0 Å². The summed E-state index contributed by atoms with van der Waals surface area (Å²) in [6.07, 6.45) is 0.253. The third-order valence-corrected chi connectivity index (χ3v) is 6.76. The van der Waals surface area contributed by atoms with Gasteiger partial charge in [0.2, 0.25) is 11.8 Å². The van der Waals surface area contributed by atoms with Crippen molar-refractivity contribution in [3.8, 4) is 0 Å². The summed E-state index contributed by atoms with van der Waals surface area (Å²) in [6, 6.07) is 17.7. The number of rotatable bonds is 10. The summed E-state index contributed by atoms with van der Waals surface area (Å²) in [7, 11) is 1.39. The molecule has 46 heavy (non-hydrogen) atoms. The van der Waals surface area contributed by atoms with Gasteiger partial charge in [-0.2, -0.15) is 0 Å². The summed E-state index contributed by atoms with van der Waals surface area (Å²) in [5.41, 5.74) is 1.59. The summed E-state index contributed by atoms with van der Waals surface area (Å²) in [5, 5.41) is 16.7. The monoisotopic (exact) mass is 642 g/mol. The van der Waals surface area contributed by atoms with Crippen LogP contribution in [0.1, 0.15) is 72.4 Å². The molecule has 0 aliphatic carbocycles. The van der Waals surface area contributed by atoms with Crippen LogP contribution in [0.5, 0.6) is 0 Å². The van der Waals surface area contributed by atoms with Crippen molar-refractivity contribution in [2.24, 2.45) is 0 Å². The van der Waals surface area contributed by atoms with Crippen LogP contribution in [0.4, 0.5) is 4.79 Å². The summed E-state index contributed by atoms with van der Waals surface area (Å²) in [5.74, 6) is -1.36. The number of methoxy groups -OCH3 is 1. The Hall–Kier alpha value is -4.45. The van der Waals surface area contributed by atoms with E-state index in [1.165, 1.54) is 7.11 Å². The Bertz CT molecular complexity index is 1250. The zero-order valence-electron chi connectivity index (χ0n) is 28.2. The van der Waals surface area contributed by atoms with Crippen molar-refractivity contribution in [1.82, 2.24) is 20.9 Å². The van der Waals surface area contributed by atoms with E-state index in [4.69, 9.17) is 9.84 Å². The Labute approximate surface area is 272 Å². The Balaban J connectivity index is 0.000000350. The molecule has 1 aliphatic rings. The molecule has 1 heterocycles. The van der Waals surface area contributed by atoms with Gasteiger partial charge in [0.25, 0.3) is 0 Å². The highest BCUT2D eigenvalue weighted by Crippen LogP contribution is 2.16. The van der Waals surface area contributed by atoms with Crippen molar-refractivity contribution in [2.75, 3.05) is 7.11 Å². The topological polar surface area (TPSA) is 163 Å². The standard InChI is InChI=1S/C14H18N2O2.C11H15NO2.C9H17NO4/c1-3-12-14(18)16(10(2)13(17)15-12)9-11-7-5-4-6-8-11;1-9(11(13)14-2)12-8-10-6-4-3-5-7-10;1-5-6(7(11)12)10-8(13)14-9(2,3)4/h4-8,10,12H,3,9H2,1-2H3,(H,15,17);3-7,9,12H,8H2,1-2H3;6H,5H2,1-4H3,(H,10,13)(H,11,12)/t10-,12+;9-;6-/m110/s1. The van der Waals surface area contributed by atoms with Crippen molar-refractivity contribution in [1.29, 1.82) is 0 Å². The summed E-state index contributed by atoms with van der Waals surface area (Å²) < 4.78 is 9.51. The molecule has 3 rings (SSSR count). The molecule has 4 atom stereocenters. The Morgan fingerprint density at radius 2 is 1.52 bits per heavy atom. The molecule has 1 saturated heterocycles. The number of hydrogen-bond acceptors (Lipinski definition) is 8. The minimum absolute atomic E-state index is 0.00783. The molecule has 0 unspecified atom stereocenters. The van der Waals surface area contributed by atoms with Gasteiger partial charge in [-0.25, -0.2) is 9.59 Å². The van der Waals surface area contributed by atoms with E-state index in [0.29, 0.717) is 25.9 Å². The summed E-state index contributed by atoms with van der Waals surface area (Å²) in [6.45, 7) is 13.4. The third-order valence-electron chi connectivity index (χ3n) is 6.76. The molecule has 0 saturated carbocycles. The van der Waals surface area contributed by atoms with Gasteiger partial charge < -0.3 is 35.4 Å². The highest BCUT2D eigenvalue weighted by Gasteiger charge is 2.36. The number of hydrogen-bond donors (Lipinski definition) is 4. The first-order valence-corrected chi connectivity index (χ1v) is 15.4. The molecule has 0 radical (unpaired) electrons. The van der Waals surface area contributed by atoms with Crippen LogP contribution in [0, 0.1) is 0 Å². The fraction of sp³-hybridized carbons (Fsp3) is 0.500. The van der Waals surface area contributed by atoms with E-state index < -0.39 is 29.7 Å². The molecule has 2 aromatic rings. The van der Waals surface area contributed by atoms with Crippen LogP contribution in [-0.2, 0) is 41.7 Å². The smallest absolute Gasteiger partial charge is 0.408 e. The molecule has 2 aromatic carbocycles. The Morgan fingerprint density at radius 1 is 0.978 bits per heavy atom. The number of ether oxygens (including phenoxy) is 2. The SMILES string of the molecule is CC[C@@H]1NC(=O)[C@@H](C)N(Cc2ccccc2)C1=O.CC[C@H](NC(=O)OC(C)(C)C)C(=O)O.COC(=O)[C@@H](C)NCc1ccccc1. The zero-order valence-corrected chi connectivity index (χ0v) is 28.2. The Kier molecular flexibility index (Phi) is 17.1. The molecule has 12 nitrogen and oxygen atoms in total. The van der Waals surface area contributed by atoms with Crippen LogP contribution in [0.3, 0.4) is 0 Å². The zero-order chi connectivity index (χ0) is 34.9. The first kappa shape index (κ1) is 39.6. The van der Waals surface area contributed by atoms with Crippen molar-refractivity contribution in [3.63, 3.8) is 0 Å². The number of alkyl carbamates (subject to hydrolysis) is 1. The van der Waals surface area contributed by atoms with Gasteiger partial charge in [0.1, 0.15) is 29.8 Å². The maximum absolute atomic E-state index is 12.2. The number of benzene rings is 2. The quantitative estimate of drug-likeness (QED) is 0.280. The second-order valence-corrected chi connectivity index (χ2v) is 11.7. The van der Waals surface area contributed by atoms with E-state index in [9.17, 15) is 24.0 Å². The maximum Gasteiger partial charge on any atom is 0.408 e. The third kappa shape index (κ3) is 14.6. The van der Waals surface area contributed by atoms with Crippen LogP contribution in [0.15, 0.2) is 60.7 Å². The lowest BCUT2D eigenvalue weighted by molar-refractivity contribution is -0.149. The maximum atomic E-state index is 12.2. The van der Waals surface area contributed by atoms with Gasteiger partial charge in [0.05, 0.1) is 7.11 Å². The molecule has 1 fully saturated rings. The second-order valence-electron chi connectivity index (χ2n) is 11.7. The minimum Gasteiger partial charge on any atom is -0.480 e. The minimum atomic E-state index is -1.06. The molecule has 0 spiro atoms. The number of esters is 1. The first-order chi connectivity index (χ1) is 21.6. The van der Waals surface area contributed by atoms with Crippen molar-refractivity contribution >= 4 is 29.8 Å². The van der Waals surface area contributed by atoms with Gasteiger partial charge in [-0.1, -0.05) is 74.5 Å². The number of carboxylic acid groups (broad SMARTS) is 1. The van der Waals surface area contributed by atoms with Gasteiger partial charge in [-0.3, -0.25) is 14.4 Å². The molecule has 4 N–H and O–H groups in total. The number of piperazine rings is 1. The number of nitrogens with one attached hydrogen (secondary N) is 3. The van der Waals surface area contributed by atoms with Crippen LogP contribution < -0.4 is 16.0 Å². The van der Waals surface area contributed by atoms with Crippen molar-refractivity contribution in [2.45, 2.75) is 104 Å². The average molecular weight is 643 g/mol. The molecule has 3 amide bonds. The lowest BCUT2D eigenvalue weighted by atomic mass is 10.1. The summed E-state index contributed by atoms with van der Waals surface area (Å²) >= 11 is 0. The van der Waals surface area contributed by atoms with Crippen molar-refractivity contribution in [3.05, 3.63) is 71.8 Å². The lowest BCUT2D eigenvalue weighted by Crippen LogP contribution is -2.61. The van der Waals surface area contributed by atoms with E-state index in [1.54, 1.807) is 46.4 Å². The van der Waals surface area contributed by atoms with E-state index in [0.717, 1.165) is 11.1 Å². The van der Waals surface area contributed by atoms with Gasteiger partial charge in [-0.05, 0) is 58.6 Å². The van der Waals surface area contributed by atoms with E-state index in [2.05, 4.69) is 20.7 Å². The van der Waals surface area contributed by atoms with E-state index in [1.807, 2.05) is 67.6 Å². The van der Waals surface area contributed by atoms with Gasteiger partial charge in [0, 0.05) is 13.1 Å². The average Bonchev–Trinajstić information content (AvgIpc) is 3.02. The molecule has 254 valence electrons. The predicted octanol–water partition coefficient (Wildman–Crippen LogP) is 4.02. The fourth-order valence-corrected chi connectivity index (χ4v) is 4.07. The van der Waals surface area contributed by atoms with Crippen LogP contribution in [-0.4, -0.2) is 76.7 Å². The molecule has 0 aromatic heterocycles. The number of carbonyl (C=O) groups excluding carboxylic acids is 4. The first-order valence-electron chi connectivity index (χ1n) is 15.4. The largest absolute Gasteiger partial charge is 0.480 e. The van der Waals surface area contributed by atoms with Gasteiger partial charge in [-0.15, -0.1) is 0 Å². The molecular weight excluding hydrogens is 592 g/mol. The molecule has 1 aliphatic heterocycles. The van der Waals surface area contributed by atoms with E-state index >= 15 is 0 Å². The highest BCUT2D eigenvalue weighted by molar-refractivity contribution is 5.96. The van der Waals surface area contributed by atoms with Gasteiger partial charge >= 0.3 is 18.0 Å². The van der Waals surface area contributed by atoms with Crippen LogP contribution >= 0.6 is 0 Å². The Morgan fingerprint density at radius 3 is 1.98 bits per heavy atom. The number of carbonyl (C=O) groups is 5.